The van der Waals surface area contributed by atoms with E-state index in [9.17, 15) is 0 Å². The minimum atomic E-state index is 0.555. The van der Waals surface area contributed by atoms with Crippen molar-refractivity contribution in [2.24, 2.45) is 0 Å². The summed E-state index contributed by atoms with van der Waals surface area (Å²) in [5, 5.41) is 18.3. The van der Waals surface area contributed by atoms with Gasteiger partial charge in [0.2, 0.25) is 5.82 Å². The fourth-order valence-electron chi connectivity index (χ4n) is 1.73. The molecule has 1 aromatic carbocycles. The number of nitrogens with one attached hydrogen (secondary N) is 1. The molecule has 3 aromatic rings. The Kier molecular flexibility index (Phi) is 2.82. The van der Waals surface area contributed by atoms with Crippen molar-refractivity contribution in [3.8, 4) is 17.1 Å². The first-order chi connectivity index (χ1) is 8.77. The van der Waals surface area contributed by atoms with Gasteiger partial charge in [-0.1, -0.05) is 18.2 Å². The molecule has 0 aliphatic carbocycles. The van der Waals surface area contributed by atoms with Gasteiger partial charge >= 0.3 is 0 Å². The number of aryl methyl sites for hydroxylation is 1. The Morgan fingerprint density at radius 3 is 2.83 bits per heavy atom. The number of halogens is 1. The number of aromatic nitrogens is 6. The fraction of sp³-hybridized carbons (Fsp3) is 0.0909. The van der Waals surface area contributed by atoms with Crippen LogP contribution in [0.5, 0.6) is 0 Å². The SMILES string of the molecule is Cc1ccccc1-n1ncc(-c2nn[nH]n2)c1I. The maximum atomic E-state index is 4.39. The minimum absolute atomic E-state index is 0.555. The summed E-state index contributed by atoms with van der Waals surface area (Å²) < 4.78 is 2.84. The first-order valence-electron chi connectivity index (χ1n) is 5.30. The van der Waals surface area contributed by atoms with Crippen LogP contribution in [-0.4, -0.2) is 30.4 Å². The Bertz CT molecular complexity index is 673. The number of hydrogen-bond donors (Lipinski definition) is 1. The summed E-state index contributed by atoms with van der Waals surface area (Å²) in [6.45, 7) is 2.06. The molecule has 2 heterocycles. The van der Waals surface area contributed by atoms with E-state index >= 15 is 0 Å². The van der Waals surface area contributed by atoms with Crippen molar-refractivity contribution < 1.29 is 0 Å². The predicted octanol–water partition coefficient (Wildman–Crippen LogP) is 1.97. The molecule has 2 aromatic heterocycles. The molecule has 7 heteroatoms. The van der Waals surface area contributed by atoms with Gasteiger partial charge in [-0.05, 0) is 46.4 Å². The van der Waals surface area contributed by atoms with E-state index in [0.29, 0.717) is 5.82 Å². The van der Waals surface area contributed by atoms with Gasteiger partial charge in [-0.2, -0.15) is 10.3 Å². The molecule has 0 atom stereocenters. The van der Waals surface area contributed by atoms with Gasteiger partial charge in [0.15, 0.2) is 0 Å². The van der Waals surface area contributed by atoms with Crippen LogP contribution in [0.1, 0.15) is 5.56 Å². The highest BCUT2D eigenvalue weighted by atomic mass is 127. The summed E-state index contributed by atoms with van der Waals surface area (Å²) >= 11 is 2.24. The van der Waals surface area contributed by atoms with E-state index in [1.807, 2.05) is 22.9 Å². The van der Waals surface area contributed by atoms with Crippen molar-refractivity contribution >= 4 is 22.6 Å². The van der Waals surface area contributed by atoms with Gasteiger partial charge in [0.25, 0.3) is 0 Å². The average Bonchev–Trinajstić information content (AvgIpc) is 2.99. The van der Waals surface area contributed by atoms with Crippen molar-refractivity contribution in [1.29, 1.82) is 0 Å². The quantitative estimate of drug-likeness (QED) is 0.716. The van der Waals surface area contributed by atoms with Crippen LogP contribution in [0.3, 0.4) is 0 Å². The molecular formula is C11H9IN6. The van der Waals surface area contributed by atoms with Gasteiger partial charge in [0.1, 0.15) is 3.70 Å². The molecule has 0 saturated carbocycles. The maximum Gasteiger partial charge on any atom is 0.208 e. The fourth-order valence-corrected chi connectivity index (χ4v) is 2.49. The Morgan fingerprint density at radius 1 is 1.28 bits per heavy atom. The number of rotatable bonds is 2. The van der Waals surface area contributed by atoms with Crippen LogP contribution in [0.25, 0.3) is 17.1 Å². The van der Waals surface area contributed by atoms with Crippen LogP contribution in [0.2, 0.25) is 0 Å². The lowest BCUT2D eigenvalue weighted by atomic mass is 10.2. The molecule has 1 N–H and O–H groups in total. The van der Waals surface area contributed by atoms with Crippen LogP contribution in [0.15, 0.2) is 30.5 Å². The monoisotopic (exact) mass is 352 g/mol. The Morgan fingerprint density at radius 2 is 2.11 bits per heavy atom. The van der Waals surface area contributed by atoms with E-state index in [0.717, 1.165) is 20.5 Å². The molecule has 6 nitrogen and oxygen atoms in total. The Hall–Kier alpha value is -1.77. The lowest BCUT2D eigenvalue weighted by molar-refractivity contribution is 0.851. The first-order valence-corrected chi connectivity index (χ1v) is 6.38. The lowest BCUT2D eigenvalue weighted by Crippen LogP contribution is -2.01. The summed E-state index contributed by atoms with van der Waals surface area (Å²) in [7, 11) is 0. The summed E-state index contributed by atoms with van der Waals surface area (Å²) in [5.41, 5.74) is 3.09. The number of H-pyrrole nitrogens is 1. The third-order valence-corrected chi connectivity index (χ3v) is 3.68. The van der Waals surface area contributed by atoms with E-state index in [4.69, 9.17) is 0 Å². The van der Waals surface area contributed by atoms with Gasteiger partial charge in [-0.15, -0.1) is 10.2 Å². The second kappa shape index (κ2) is 4.48. The summed E-state index contributed by atoms with van der Waals surface area (Å²) in [6.07, 6.45) is 1.75. The highest BCUT2D eigenvalue weighted by molar-refractivity contribution is 14.1. The highest BCUT2D eigenvalue weighted by Crippen LogP contribution is 2.24. The normalized spacial score (nSPS) is 10.8. The number of hydrogen-bond acceptors (Lipinski definition) is 4. The molecule has 0 fully saturated rings. The van der Waals surface area contributed by atoms with Gasteiger partial charge in [-0.25, -0.2) is 4.68 Å². The molecular weight excluding hydrogens is 343 g/mol. The van der Waals surface area contributed by atoms with E-state index in [1.165, 1.54) is 0 Å². The topological polar surface area (TPSA) is 72.3 Å². The molecule has 0 amide bonds. The first kappa shape index (κ1) is 11.3. The van der Waals surface area contributed by atoms with Crippen LogP contribution in [0, 0.1) is 10.6 Å². The van der Waals surface area contributed by atoms with Gasteiger partial charge in [-0.3, -0.25) is 0 Å². The standard InChI is InChI=1S/C11H9IN6/c1-7-4-2-3-5-9(7)18-10(12)8(6-13-18)11-14-16-17-15-11/h2-6H,1H3,(H,14,15,16,17). The molecule has 0 radical (unpaired) electrons. The predicted molar refractivity (Wildman–Crippen MR) is 74.2 cm³/mol. The molecule has 3 rings (SSSR count). The summed E-state index contributed by atoms with van der Waals surface area (Å²) in [5.74, 6) is 0.555. The lowest BCUT2D eigenvalue weighted by Gasteiger charge is -2.06. The summed E-state index contributed by atoms with van der Waals surface area (Å²) in [6, 6.07) is 8.09. The summed E-state index contributed by atoms with van der Waals surface area (Å²) in [4.78, 5) is 0. The minimum Gasteiger partial charge on any atom is -0.227 e. The number of para-hydroxylation sites is 1. The third-order valence-electron chi connectivity index (χ3n) is 2.64. The average molecular weight is 352 g/mol. The number of tetrazole rings is 1. The molecule has 0 unspecified atom stereocenters. The maximum absolute atomic E-state index is 4.39. The Balaban J connectivity index is 2.14. The molecule has 0 aliphatic rings. The van der Waals surface area contributed by atoms with Crippen LogP contribution >= 0.6 is 22.6 Å². The number of benzene rings is 1. The zero-order chi connectivity index (χ0) is 12.5. The van der Waals surface area contributed by atoms with E-state index < -0.39 is 0 Å². The van der Waals surface area contributed by atoms with Crippen molar-refractivity contribution in [2.75, 3.05) is 0 Å². The third kappa shape index (κ3) is 1.80. The molecule has 18 heavy (non-hydrogen) atoms. The Labute approximate surface area is 117 Å². The zero-order valence-electron chi connectivity index (χ0n) is 9.50. The molecule has 0 spiro atoms. The molecule has 0 saturated heterocycles. The zero-order valence-corrected chi connectivity index (χ0v) is 11.7. The van der Waals surface area contributed by atoms with E-state index in [1.54, 1.807) is 6.20 Å². The van der Waals surface area contributed by atoms with Crippen molar-refractivity contribution in [1.82, 2.24) is 30.4 Å². The smallest absolute Gasteiger partial charge is 0.208 e. The van der Waals surface area contributed by atoms with Gasteiger partial charge in [0.05, 0.1) is 17.4 Å². The number of nitrogens with zero attached hydrogens (tertiary/aromatic N) is 5. The van der Waals surface area contributed by atoms with Crippen molar-refractivity contribution in [2.45, 2.75) is 6.92 Å². The van der Waals surface area contributed by atoms with Crippen LogP contribution in [-0.2, 0) is 0 Å². The van der Waals surface area contributed by atoms with Crippen molar-refractivity contribution in [3.63, 3.8) is 0 Å². The highest BCUT2D eigenvalue weighted by Gasteiger charge is 2.15. The molecule has 0 aliphatic heterocycles. The molecule has 90 valence electrons. The second-order valence-corrected chi connectivity index (χ2v) is 4.80. The van der Waals surface area contributed by atoms with Crippen LogP contribution in [0.4, 0.5) is 0 Å². The second-order valence-electron chi connectivity index (χ2n) is 3.78. The van der Waals surface area contributed by atoms with Crippen molar-refractivity contribution in [3.05, 3.63) is 39.7 Å². The number of aromatic amines is 1. The largest absolute Gasteiger partial charge is 0.227 e. The van der Waals surface area contributed by atoms with Gasteiger partial charge in [0, 0.05) is 0 Å². The molecule has 0 bridgehead atoms. The van der Waals surface area contributed by atoms with Gasteiger partial charge < -0.3 is 0 Å². The van der Waals surface area contributed by atoms with E-state index in [2.05, 4.69) is 61.3 Å². The van der Waals surface area contributed by atoms with Crippen LogP contribution < -0.4 is 0 Å². The van der Waals surface area contributed by atoms with E-state index in [-0.39, 0.29) is 0 Å².